The van der Waals surface area contributed by atoms with Gasteiger partial charge in [-0.1, -0.05) is 29.3 Å². The second-order valence-corrected chi connectivity index (χ2v) is 4.52. The molecular weight excluding hydrogens is 287 g/mol. The van der Waals surface area contributed by atoms with E-state index in [4.69, 9.17) is 28.9 Å². The van der Waals surface area contributed by atoms with Crippen molar-refractivity contribution in [2.45, 2.75) is 0 Å². The van der Waals surface area contributed by atoms with Crippen molar-refractivity contribution in [1.82, 2.24) is 4.98 Å². The van der Waals surface area contributed by atoms with Crippen LogP contribution in [0.4, 0.5) is 5.69 Å². The van der Waals surface area contributed by atoms with Gasteiger partial charge < -0.3 is 10.5 Å². The fourth-order valence-electron chi connectivity index (χ4n) is 1.68. The Balaban J connectivity index is 2.67. The van der Waals surface area contributed by atoms with Crippen LogP contribution in [-0.2, 0) is 4.74 Å². The van der Waals surface area contributed by atoms with Gasteiger partial charge in [-0.05, 0) is 18.2 Å². The molecule has 1 heterocycles. The van der Waals surface area contributed by atoms with Gasteiger partial charge in [0.15, 0.2) is 0 Å². The molecule has 0 aliphatic rings. The summed E-state index contributed by atoms with van der Waals surface area (Å²) < 4.78 is 4.66. The van der Waals surface area contributed by atoms with E-state index < -0.39 is 5.97 Å². The zero-order valence-corrected chi connectivity index (χ0v) is 11.5. The van der Waals surface area contributed by atoms with Crippen molar-refractivity contribution in [3.05, 3.63) is 46.1 Å². The highest BCUT2D eigenvalue weighted by Gasteiger charge is 2.18. The van der Waals surface area contributed by atoms with Crippen molar-refractivity contribution in [3.63, 3.8) is 0 Å². The number of hydrogen-bond donors (Lipinski definition) is 1. The molecule has 2 aromatic rings. The van der Waals surface area contributed by atoms with Crippen molar-refractivity contribution >= 4 is 34.9 Å². The maximum atomic E-state index is 11.6. The van der Waals surface area contributed by atoms with Crippen LogP contribution >= 0.6 is 23.2 Å². The maximum absolute atomic E-state index is 11.6. The fourth-order valence-corrected chi connectivity index (χ4v) is 2.26. The highest BCUT2D eigenvalue weighted by atomic mass is 35.5. The van der Waals surface area contributed by atoms with Crippen LogP contribution in [0.3, 0.4) is 0 Å². The van der Waals surface area contributed by atoms with Gasteiger partial charge in [0.05, 0.1) is 34.1 Å². The summed E-state index contributed by atoms with van der Waals surface area (Å²) in [6.45, 7) is 0. The third-order valence-electron chi connectivity index (χ3n) is 2.60. The molecule has 0 unspecified atom stereocenters. The monoisotopic (exact) mass is 296 g/mol. The van der Waals surface area contributed by atoms with Crippen LogP contribution < -0.4 is 5.73 Å². The summed E-state index contributed by atoms with van der Waals surface area (Å²) in [5, 5.41) is 0.822. The summed E-state index contributed by atoms with van der Waals surface area (Å²) in [5.74, 6) is -0.538. The zero-order chi connectivity index (χ0) is 14.0. The molecule has 1 aromatic carbocycles. The number of nitrogens with two attached hydrogens (primary N) is 1. The predicted octanol–water partition coefficient (Wildman–Crippen LogP) is 3.42. The molecule has 2 rings (SSSR count). The average Bonchev–Trinajstić information content (AvgIpc) is 2.39. The smallest absolute Gasteiger partial charge is 0.340 e. The van der Waals surface area contributed by atoms with Crippen LogP contribution in [0, 0.1) is 0 Å². The molecular formula is C13H10Cl2N2O2. The van der Waals surface area contributed by atoms with E-state index in [0.717, 1.165) is 0 Å². The molecule has 1 aromatic heterocycles. The van der Waals surface area contributed by atoms with Gasteiger partial charge in [-0.15, -0.1) is 0 Å². The molecule has 0 atom stereocenters. The molecule has 0 aliphatic heterocycles. The van der Waals surface area contributed by atoms with Crippen molar-refractivity contribution < 1.29 is 9.53 Å². The van der Waals surface area contributed by atoms with E-state index >= 15 is 0 Å². The summed E-state index contributed by atoms with van der Waals surface area (Å²) >= 11 is 12.2. The molecule has 6 heteroatoms. The lowest BCUT2D eigenvalue weighted by Crippen LogP contribution is -2.07. The number of pyridine rings is 1. The second kappa shape index (κ2) is 5.47. The molecule has 2 N–H and O–H groups in total. The number of carbonyl (C=O) groups excluding carboxylic acids is 1. The molecule has 0 saturated heterocycles. The Morgan fingerprint density at radius 1 is 1.26 bits per heavy atom. The Kier molecular flexibility index (Phi) is 3.93. The van der Waals surface area contributed by atoms with Gasteiger partial charge in [0.25, 0.3) is 0 Å². The zero-order valence-electron chi connectivity index (χ0n) is 9.98. The number of anilines is 1. The van der Waals surface area contributed by atoms with E-state index in [0.29, 0.717) is 21.3 Å². The minimum absolute atomic E-state index is 0.185. The van der Waals surface area contributed by atoms with Gasteiger partial charge in [-0.25, -0.2) is 4.79 Å². The minimum Gasteiger partial charge on any atom is -0.465 e. The first-order valence-corrected chi connectivity index (χ1v) is 6.09. The number of hydrogen-bond acceptors (Lipinski definition) is 4. The first kappa shape index (κ1) is 13.6. The van der Waals surface area contributed by atoms with Gasteiger partial charge in [0.2, 0.25) is 0 Å². The van der Waals surface area contributed by atoms with E-state index in [1.807, 2.05) is 0 Å². The normalized spacial score (nSPS) is 10.3. The van der Waals surface area contributed by atoms with E-state index in [9.17, 15) is 4.79 Å². The number of rotatable bonds is 2. The third kappa shape index (κ3) is 2.50. The van der Waals surface area contributed by atoms with E-state index in [2.05, 4.69) is 9.72 Å². The van der Waals surface area contributed by atoms with Gasteiger partial charge in [-0.2, -0.15) is 0 Å². The number of aromatic nitrogens is 1. The van der Waals surface area contributed by atoms with Crippen LogP contribution in [0.25, 0.3) is 11.3 Å². The van der Waals surface area contributed by atoms with Crippen LogP contribution in [0.5, 0.6) is 0 Å². The number of benzene rings is 1. The maximum Gasteiger partial charge on any atom is 0.340 e. The lowest BCUT2D eigenvalue weighted by molar-refractivity contribution is 0.0602. The largest absolute Gasteiger partial charge is 0.465 e. The molecule has 0 amide bonds. The van der Waals surface area contributed by atoms with E-state index in [1.165, 1.54) is 19.4 Å². The predicted molar refractivity (Wildman–Crippen MR) is 75.4 cm³/mol. The molecule has 19 heavy (non-hydrogen) atoms. The summed E-state index contributed by atoms with van der Waals surface area (Å²) in [6.07, 6.45) is 1.46. The Labute approximate surface area is 120 Å². The first-order chi connectivity index (χ1) is 9.06. The topological polar surface area (TPSA) is 65.2 Å². The summed E-state index contributed by atoms with van der Waals surface area (Å²) in [7, 11) is 1.28. The van der Waals surface area contributed by atoms with Crippen LogP contribution in [0.2, 0.25) is 10.0 Å². The van der Waals surface area contributed by atoms with Crippen molar-refractivity contribution in [2.24, 2.45) is 0 Å². The Morgan fingerprint density at radius 3 is 2.47 bits per heavy atom. The van der Waals surface area contributed by atoms with Crippen LogP contribution in [-0.4, -0.2) is 18.1 Å². The molecule has 0 saturated carbocycles. The van der Waals surface area contributed by atoms with Crippen LogP contribution in [0.15, 0.2) is 30.5 Å². The van der Waals surface area contributed by atoms with Gasteiger partial charge in [0.1, 0.15) is 0 Å². The Morgan fingerprint density at radius 2 is 1.89 bits per heavy atom. The molecule has 0 spiro atoms. The number of nitrogen functional groups attached to an aromatic ring is 1. The Hall–Kier alpha value is -1.78. The molecule has 0 fully saturated rings. The molecule has 0 bridgehead atoms. The summed E-state index contributed by atoms with van der Waals surface area (Å²) in [4.78, 5) is 15.7. The molecule has 0 radical (unpaired) electrons. The van der Waals surface area contributed by atoms with Crippen molar-refractivity contribution in [3.8, 4) is 11.3 Å². The molecule has 98 valence electrons. The quantitative estimate of drug-likeness (QED) is 0.862. The number of methoxy groups -OCH3 is 1. The number of carbonyl (C=O) groups is 1. The van der Waals surface area contributed by atoms with Crippen molar-refractivity contribution in [1.29, 1.82) is 0 Å². The summed E-state index contributed by atoms with van der Waals surface area (Å²) in [5.41, 5.74) is 7.21. The third-order valence-corrected chi connectivity index (χ3v) is 3.22. The first-order valence-electron chi connectivity index (χ1n) is 5.33. The van der Waals surface area contributed by atoms with Gasteiger partial charge >= 0.3 is 5.97 Å². The number of nitrogens with zero attached hydrogens (tertiary/aromatic N) is 1. The number of ether oxygens (including phenoxy) is 1. The average molecular weight is 297 g/mol. The molecule has 4 nitrogen and oxygen atoms in total. The minimum atomic E-state index is -0.538. The summed E-state index contributed by atoms with van der Waals surface area (Å²) in [6, 6.07) is 6.55. The van der Waals surface area contributed by atoms with Crippen LogP contribution in [0.1, 0.15) is 10.4 Å². The second-order valence-electron chi connectivity index (χ2n) is 3.71. The van der Waals surface area contributed by atoms with Gasteiger partial charge in [0, 0.05) is 11.8 Å². The van der Waals surface area contributed by atoms with Crippen molar-refractivity contribution in [2.75, 3.05) is 12.8 Å². The van der Waals surface area contributed by atoms with E-state index in [-0.39, 0.29) is 11.3 Å². The highest BCUT2D eigenvalue weighted by Crippen LogP contribution is 2.37. The molecule has 0 aliphatic carbocycles. The lowest BCUT2D eigenvalue weighted by Gasteiger charge is -2.11. The SMILES string of the molecule is COC(=O)c1ccnc(-c2c(Cl)cccc2Cl)c1N. The fraction of sp³-hybridized carbons (Fsp3) is 0.0769. The van der Waals surface area contributed by atoms with Gasteiger partial charge in [-0.3, -0.25) is 4.98 Å². The lowest BCUT2D eigenvalue weighted by atomic mass is 10.1. The number of halogens is 2. The highest BCUT2D eigenvalue weighted by molar-refractivity contribution is 6.39. The Bertz CT molecular complexity index is 624. The standard InChI is InChI=1S/C13H10Cl2N2O2/c1-19-13(18)7-5-6-17-12(11(7)16)10-8(14)3-2-4-9(10)15/h2-6H,16H2,1H3. The van der Waals surface area contributed by atoms with E-state index in [1.54, 1.807) is 18.2 Å². The number of esters is 1.